The summed E-state index contributed by atoms with van der Waals surface area (Å²) in [6.07, 6.45) is 3.96. The summed E-state index contributed by atoms with van der Waals surface area (Å²) < 4.78 is 5.35. The third kappa shape index (κ3) is 5.15. The lowest BCUT2D eigenvalue weighted by atomic mass is 10.1. The topological polar surface area (TPSA) is 46.5 Å². The number of hydrogen-bond acceptors (Lipinski definition) is 3. The number of carbonyl (C=O) groups is 1. The Hall–Kier alpha value is -1.61. The molecule has 3 nitrogen and oxygen atoms in total. The van der Waals surface area contributed by atoms with Gasteiger partial charge in [-0.25, -0.2) is 0 Å². The molecule has 0 aromatic heterocycles. The first-order valence-electron chi connectivity index (χ1n) is 6.25. The predicted molar refractivity (Wildman–Crippen MR) is 71.0 cm³/mol. The van der Waals surface area contributed by atoms with Crippen molar-refractivity contribution in [2.45, 2.75) is 31.8 Å². The number of unbranched alkanes of at least 4 members (excludes halogenated alkanes) is 2. The van der Waals surface area contributed by atoms with Crippen LogP contribution in [0.5, 0.6) is 0 Å². The Morgan fingerprint density at radius 3 is 2.61 bits per heavy atom. The van der Waals surface area contributed by atoms with E-state index in [2.05, 4.69) is 6.58 Å². The largest absolute Gasteiger partial charge is 0.453 e. The molecule has 98 valence electrons. The maximum absolute atomic E-state index is 11.6. The Labute approximate surface area is 108 Å². The third-order valence-corrected chi connectivity index (χ3v) is 2.64. The van der Waals surface area contributed by atoms with E-state index in [1.165, 1.54) is 0 Å². The minimum absolute atomic E-state index is 0.175. The highest BCUT2D eigenvalue weighted by Gasteiger charge is 2.12. The molecule has 18 heavy (non-hydrogen) atoms. The molecule has 0 fully saturated rings. The van der Waals surface area contributed by atoms with Crippen molar-refractivity contribution in [1.29, 1.82) is 0 Å². The maximum Gasteiger partial charge on any atom is 0.306 e. The zero-order chi connectivity index (χ0) is 13.2. The van der Waals surface area contributed by atoms with Gasteiger partial charge < -0.3 is 9.84 Å². The molecule has 0 aliphatic heterocycles. The summed E-state index contributed by atoms with van der Waals surface area (Å²) in [6, 6.07) is 9.54. The molecular formula is C15H20O3. The maximum atomic E-state index is 11.6. The van der Waals surface area contributed by atoms with E-state index < -0.39 is 0 Å². The lowest BCUT2D eigenvalue weighted by molar-refractivity contribution is -0.147. The van der Waals surface area contributed by atoms with E-state index in [-0.39, 0.29) is 18.7 Å². The van der Waals surface area contributed by atoms with Crippen molar-refractivity contribution >= 4 is 5.97 Å². The molecule has 1 aromatic carbocycles. The molecule has 0 radical (unpaired) electrons. The number of aliphatic hydroxyl groups is 1. The molecule has 0 heterocycles. The number of aliphatic hydroxyl groups excluding tert-OH is 1. The van der Waals surface area contributed by atoms with Gasteiger partial charge >= 0.3 is 5.97 Å². The summed E-state index contributed by atoms with van der Waals surface area (Å²) >= 11 is 0. The van der Waals surface area contributed by atoms with Gasteiger partial charge in [-0.15, -0.1) is 0 Å². The summed E-state index contributed by atoms with van der Waals surface area (Å²) in [5.74, 6) is -0.221. The molecule has 1 rings (SSSR count). The van der Waals surface area contributed by atoms with Crippen LogP contribution < -0.4 is 0 Å². The van der Waals surface area contributed by atoms with Crippen LogP contribution in [0.2, 0.25) is 0 Å². The monoisotopic (exact) mass is 248 g/mol. The highest BCUT2D eigenvalue weighted by molar-refractivity contribution is 5.69. The smallest absolute Gasteiger partial charge is 0.306 e. The van der Waals surface area contributed by atoms with Crippen molar-refractivity contribution < 1.29 is 14.6 Å². The van der Waals surface area contributed by atoms with Crippen LogP contribution in [0.1, 0.15) is 37.4 Å². The first-order chi connectivity index (χ1) is 8.77. The lowest BCUT2D eigenvalue weighted by Crippen LogP contribution is -2.09. The van der Waals surface area contributed by atoms with Crippen LogP contribution in [-0.4, -0.2) is 17.7 Å². The van der Waals surface area contributed by atoms with E-state index in [1.807, 2.05) is 30.3 Å². The van der Waals surface area contributed by atoms with Crippen molar-refractivity contribution in [3.63, 3.8) is 0 Å². The second-order valence-corrected chi connectivity index (χ2v) is 4.09. The number of esters is 1. The SMILES string of the molecule is C=CC(OC(=O)CCCCCO)c1ccccc1. The van der Waals surface area contributed by atoms with Gasteiger partial charge in [-0.1, -0.05) is 43.3 Å². The van der Waals surface area contributed by atoms with Gasteiger partial charge in [-0.2, -0.15) is 0 Å². The summed E-state index contributed by atoms with van der Waals surface area (Å²) in [5.41, 5.74) is 0.927. The van der Waals surface area contributed by atoms with Gasteiger partial charge in [0.2, 0.25) is 0 Å². The molecule has 1 unspecified atom stereocenters. The van der Waals surface area contributed by atoms with Crippen molar-refractivity contribution in [3.05, 3.63) is 48.6 Å². The molecule has 0 amide bonds. The predicted octanol–water partition coefficient (Wildman–Crippen LogP) is 3.01. The van der Waals surface area contributed by atoms with Crippen LogP contribution in [0.3, 0.4) is 0 Å². The van der Waals surface area contributed by atoms with Crippen molar-refractivity contribution in [1.82, 2.24) is 0 Å². The first kappa shape index (κ1) is 14.5. The van der Waals surface area contributed by atoms with Crippen LogP contribution in [0.15, 0.2) is 43.0 Å². The Kier molecular flexibility index (Phi) is 6.81. The molecule has 1 atom stereocenters. The Morgan fingerprint density at radius 2 is 2.00 bits per heavy atom. The summed E-state index contributed by atoms with van der Waals surface area (Å²) in [7, 11) is 0. The molecule has 0 saturated carbocycles. The average Bonchev–Trinajstić information content (AvgIpc) is 2.42. The van der Waals surface area contributed by atoms with Crippen molar-refractivity contribution in [2.75, 3.05) is 6.61 Å². The molecule has 0 saturated heterocycles. The van der Waals surface area contributed by atoms with Crippen LogP contribution in [-0.2, 0) is 9.53 Å². The van der Waals surface area contributed by atoms with Crippen molar-refractivity contribution in [2.24, 2.45) is 0 Å². The Balaban J connectivity index is 2.39. The van der Waals surface area contributed by atoms with Crippen LogP contribution in [0.25, 0.3) is 0 Å². The molecule has 3 heteroatoms. The number of benzene rings is 1. The molecule has 0 aliphatic carbocycles. The fourth-order valence-electron chi connectivity index (χ4n) is 1.65. The number of rotatable bonds is 8. The summed E-state index contributed by atoms with van der Waals surface area (Å²) in [6.45, 7) is 3.86. The molecular weight excluding hydrogens is 228 g/mol. The average molecular weight is 248 g/mol. The van der Waals surface area contributed by atoms with Crippen molar-refractivity contribution in [3.8, 4) is 0 Å². The fourth-order valence-corrected chi connectivity index (χ4v) is 1.65. The Morgan fingerprint density at radius 1 is 1.28 bits per heavy atom. The molecule has 1 N–H and O–H groups in total. The zero-order valence-corrected chi connectivity index (χ0v) is 10.5. The minimum atomic E-state index is -0.378. The summed E-state index contributed by atoms with van der Waals surface area (Å²) in [4.78, 5) is 11.6. The van der Waals surface area contributed by atoms with E-state index in [4.69, 9.17) is 9.84 Å². The lowest BCUT2D eigenvalue weighted by Gasteiger charge is -2.14. The van der Waals surface area contributed by atoms with E-state index in [1.54, 1.807) is 6.08 Å². The normalized spacial score (nSPS) is 11.8. The number of ether oxygens (including phenoxy) is 1. The minimum Gasteiger partial charge on any atom is -0.453 e. The van der Waals surface area contributed by atoms with E-state index in [9.17, 15) is 4.79 Å². The molecule has 1 aromatic rings. The summed E-state index contributed by atoms with van der Waals surface area (Å²) in [5, 5.41) is 8.63. The highest BCUT2D eigenvalue weighted by Crippen LogP contribution is 2.19. The van der Waals surface area contributed by atoms with Gasteiger partial charge in [0, 0.05) is 13.0 Å². The van der Waals surface area contributed by atoms with Gasteiger partial charge in [-0.3, -0.25) is 4.79 Å². The van der Waals surface area contributed by atoms with Gasteiger partial charge in [0.05, 0.1) is 0 Å². The van der Waals surface area contributed by atoms with Crippen LogP contribution in [0.4, 0.5) is 0 Å². The van der Waals surface area contributed by atoms with Gasteiger partial charge in [-0.05, 0) is 24.5 Å². The second kappa shape index (κ2) is 8.48. The molecule has 0 aliphatic rings. The first-order valence-corrected chi connectivity index (χ1v) is 6.25. The van der Waals surface area contributed by atoms with Crippen LogP contribution in [0, 0.1) is 0 Å². The van der Waals surface area contributed by atoms with E-state index in [0.717, 1.165) is 24.8 Å². The number of carbonyl (C=O) groups excluding carboxylic acids is 1. The zero-order valence-electron chi connectivity index (χ0n) is 10.5. The van der Waals surface area contributed by atoms with E-state index in [0.29, 0.717) is 6.42 Å². The third-order valence-electron chi connectivity index (χ3n) is 2.64. The van der Waals surface area contributed by atoms with Gasteiger partial charge in [0.25, 0.3) is 0 Å². The number of hydrogen-bond donors (Lipinski definition) is 1. The van der Waals surface area contributed by atoms with Gasteiger partial charge in [0.15, 0.2) is 0 Å². The highest BCUT2D eigenvalue weighted by atomic mass is 16.5. The van der Waals surface area contributed by atoms with E-state index >= 15 is 0 Å². The van der Waals surface area contributed by atoms with Gasteiger partial charge in [0.1, 0.15) is 6.10 Å². The van der Waals surface area contributed by atoms with Crippen LogP contribution >= 0.6 is 0 Å². The quantitative estimate of drug-likeness (QED) is 0.437. The standard InChI is InChI=1S/C15H20O3/c1-2-14(13-9-5-3-6-10-13)18-15(17)11-7-4-8-12-16/h2-3,5-6,9-10,14,16H,1,4,7-8,11-12H2. The Bertz CT molecular complexity index is 359. The molecule has 0 bridgehead atoms. The molecule has 0 spiro atoms. The fraction of sp³-hybridized carbons (Fsp3) is 0.400. The second-order valence-electron chi connectivity index (χ2n) is 4.09.